The number of alkyl halides is 2. The van der Waals surface area contributed by atoms with Crippen LogP contribution in [0.4, 0.5) is 8.78 Å². The molecule has 1 aliphatic heterocycles. The zero-order valence-corrected chi connectivity index (χ0v) is 12.6. The van der Waals surface area contributed by atoms with Crippen molar-refractivity contribution in [2.75, 3.05) is 6.54 Å². The van der Waals surface area contributed by atoms with Crippen LogP contribution in [0.15, 0.2) is 18.2 Å². The number of likely N-dealkylation sites (tertiary alicyclic amines) is 1. The van der Waals surface area contributed by atoms with Gasteiger partial charge in [-0.25, -0.2) is 0 Å². The molecule has 1 aliphatic carbocycles. The summed E-state index contributed by atoms with van der Waals surface area (Å²) < 4.78 is 28.8. The van der Waals surface area contributed by atoms with E-state index in [0.29, 0.717) is 25.0 Å². The van der Waals surface area contributed by atoms with Crippen LogP contribution in [0.25, 0.3) is 0 Å². The first-order chi connectivity index (χ1) is 10.3. The first kappa shape index (κ1) is 15.3. The van der Waals surface area contributed by atoms with Crippen molar-refractivity contribution in [3.63, 3.8) is 0 Å². The van der Waals surface area contributed by atoms with Crippen molar-refractivity contribution >= 4 is 5.91 Å². The summed E-state index contributed by atoms with van der Waals surface area (Å²) in [4.78, 5) is 17.9. The zero-order chi connectivity index (χ0) is 16.0. The molecule has 1 N–H and O–H groups in total. The summed E-state index contributed by atoms with van der Waals surface area (Å²) in [5.74, 6) is -4.99. The van der Waals surface area contributed by atoms with Crippen molar-refractivity contribution in [3.05, 3.63) is 29.6 Å². The summed E-state index contributed by atoms with van der Waals surface area (Å²) in [6.07, 6.45) is 1.78. The van der Waals surface area contributed by atoms with Crippen molar-refractivity contribution < 1.29 is 18.7 Å². The molecule has 4 nitrogen and oxygen atoms in total. The van der Waals surface area contributed by atoms with Gasteiger partial charge < -0.3 is 10.0 Å². The third kappa shape index (κ3) is 2.29. The molecule has 1 aromatic heterocycles. The second-order valence-corrected chi connectivity index (χ2v) is 6.32. The molecular weight excluding hydrogens is 290 g/mol. The molecule has 22 heavy (non-hydrogen) atoms. The van der Waals surface area contributed by atoms with E-state index < -0.39 is 23.5 Å². The number of rotatable bonds is 3. The Morgan fingerprint density at radius 3 is 2.73 bits per heavy atom. The zero-order valence-electron chi connectivity index (χ0n) is 12.6. The SMILES string of the molecule is Cc1cccc(C2CCCN2C(=O)C(F)(F)C2(O)CCC2)n1. The second-order valence-electron chi connectivity index (χ2n) is 6.32. The van der Waals surface area contributed by atoms with Crippen LogP contribution in [0, 0.1) is 6.92 Å². The maximum absolute atomic E-state index is 14.4. The first-order valence-electron chi connectivity index (χ1n) is 7.70. The van der Waals surface area contributed by atoms with Crippen molar-refractivity contribution in [2.45, 2.75) is 56.6 Å². The van der Waals surface area contributed by atoms with Crippen LogP contribution in [0.3, 0.4) is 0 Å². The molecule has 0 aromatic carbocycles. The highest BCUT2D eigenvalue weighted by Gasteiger charge is 2.63. The fourth-order valence-electron chi connectivity index (χ4n) is 3.27. The van der Waals surface area contributed by atoms with Gasteiger partial charge in [-0.3, -0.25) is 9.78 Å². The Morgan fingerprint density at radius 1 is 1.41 bits per heavy atom. The summed E-state index contributed by atoms with van der Waals surface area (Å²) in [6.45, 7) is 2.11. The third-order valence-electron chi connectivity index (χ3n) is 4.80. The van der Waals surface area contributed by atoms with Gasteiger partial charge in [-0.05, 0) is 51.2 Å². The number of carbonyl (C=O) groups excluding carboxylic acids is 1. The van der Waals surface area contributed by atoms with Gasteiger partial charge >= 0.3 is 5.92 Å². The van der Waals surface area contributed by atoms with E-state index in [-0.39, 0.29) is 19.4 Å². The largest absolute Gasteiger partial charge is 0.383 e. The lowest BCUT2D eigenvalue weighted by molar-refractivity contribution is -0.224. The fourth-order valence-corrected chi connectivity index (χ4v) is 3.27. The summed E-state index contributed by atoms with van der Waals surface area (Å²) in [5.41, 5.74) is -0.736. The Morgan fingerprint density at radius 2 is 2.14 bits per heavy atom. The van der Waals surface area contributed by atoms with E-state index in [0.717, 1.165) is 5.69 Å². The van der Waals surface area contributed by atoms with Crippen LogP contribution in [0.2, 0.25) is 0 Å². The molecule has 6 heteroatoms. The molecular formula is C16H20F2N2O2. The van der Waals surface area contributed by atoms with Crippen LogP contribution >= 0.6 is 0 Å². The van der Waals surface area contributed by atoms with E-state index in [1.165, 1.54) is 4.90 Å². The lowest BCUT2D eigenvalue weighted by Crippen LogP contribution is -2.61. The average Bonchev–Trinajstić information content (AvgIpc) is 2.92. The molecule has 2 aliphatic rings. The molecule has 2 heterocycles. The highest BCUT2D eigenvalue weighted by Crippen LogP contribution is 2.46. The number of nitrogens with zero attached hydrogens (tertiary/aromatic N) is 2. The van der Waals surface area contributed by atoms with Gasteiger partial charge in [-0.2, -0.15) is 8.78 Å². The average molecular weight is 310 g/mol. The fraction of sp³-hybridized carbons (Fsp3) is 0.625. The van der Waals surface area contributed by atoms with Crippen molar-refractivity contribution in [1.82, 2.24) is 9.88 Å². The van der Waals surface area contributed by atoms with Crippen LogP contribution in [-0.2, 0) is 4.79 Å². The monoisotopic (exact) mass is 310 g/mol. The first-order valence-corrected chi connectivity index (χ1v) is 7.70. The number of carbonyl (C=O) groups is 1. The minimum atomic E-state index is -3.72. The smallest absolute Gasteiger partial charge is 0.352 e. The van der Waals surface area contributed by atoms with Crippen molar-refractivity contribution in [2.24, 2.45) is 0 Å². The molecule has 0 radical (unpaired) electrons. The Hall–Kier alpha value is -1.56. The predicted molar refractivity (Wildman–Crippen MR) is 76.4 cm³/mol. The van der Waals surface area contributed by atoms with Gasteiger partial charge in [-0.1, -0.05) is 6.07 Å². The number of pyridine rings is 1. The van der Waals surface area contributed by atoms with E-state index in [1.807, 2.05) is 19.1 Å². The van der Waals surface area contributed by atoms with E-state index in [4.69, 9.17) is 0 Å². The molecule has 1 unspecified atom stereocenters. The lowest BCUT2D eigenvalue weighted by Gasteiger charge is -2.43. The van der Waals surface area contributed by atoms with Crippen LogP contribution in [-0.4, -0.2) is 39.0 Å². The second kappa shape index (κ2) is 5.26. The Labute approximate surface area is 128 Å². The normalized spacial score (nSPS) is 24.2. The summed E-state index contributed by atoms with van der Waals surface area (Å²) in [7, 11) is 0. The molecule has 1 saturated heterocycles. The summed E-state index contributed by atoms with van der Waals surface area (Å²) >= 11 is 0. The van der Waals surface area contributed by atoms with E-state index in [2.05, 4.69) is 4.98 Å². The number of aliphatic hydroxyl groups is 1. The molecule has 0 bridgehead atoms. The molecule has 1 aromatic rings. The molecule has 1 saturated carbocycles. The Bertz CT molecular complexity index is 587. The quantitative estimate of drug-likeness (QED) is 0.933. The highest BCUT2D eigenvalue weighted by molar-refractivity contribution is 5.85. The van der Waals surface area contributed by atoms with Crippen molar-refractivity contribution in [1.29, 1.82) is 0 Å². The number of hydrogen-bond acceptors (Lipinski definition) is 3. The molecule has 3 rings (SSSR count). The molecule has 1 atom stereocenters. The van der Waals surface area contributed by atoms with Crippen LogP contribution < -0.4 is 0 Å². The predicted octanol–water partition coefficient (Wildman–Crippen LogP) is 2.60. The van der Waals surface area contributed by atoms with Crippen LogP contribution in [0.5, 0.6) is 0 Å². The summed E-state index contributed by atoms with van der Waals surface area (Å²) in [6, 6.07) is 4.98. The van der Waals surface area contributed by atoms with Gasteiger partial charge in [0, 0.05) is 12.2 Å². The number of aromatic nitrogens is 1. The maximum Gasteiger partial charge on any atom is 0.352 e. The van der Waals surface area contributed by atoms with Gasteiger partial charge in [0.05, 0.1) is 11.7 Å². The van der Waals surface area contributed by atoms with Gasteiger partial charge in [0.2, 0.25) is 0 Å². The van der Waals surface area contributed by atoms with E-state index >= 15 is 0 Å². The minimum Gasteiger partial charge on any atom is -0.383 e. The molecule has 0 spiro atoms. The van der Waals surface area contributed by atoms with Gasteiger partial charge in [0.1, 0.15) is 5.60 Å². The Kier molecular flexibility index (Phi) is 3.67. The van der Waals surface area contributed by atoms with Gasteiger partial charge in [0.15, 0.2) is 0 Å². The number of hydrogen-bond donors (Lipinski definition) is 1. The van der Waals surface area contributed by atoms with E-state index in [1.54, 1.807) is 6.07 Å². The maximum atomic E-state index is 14.4. The minimum absolute atomic E-state index is 0.0209. The standard InChI is InChI=1S/C16H20F2N2O2/c1-11-5-2-6-12(19-11)13-7-3-10-20(13)14(21)16(17,18)15(22)8-4-9-15/h2,5-6,13,22H,3-4,7-10H2,1H3. The van der Waals surface area contributed by atoms with Crippen LogP contribution in [0.1, 0.15) is 49.5 Å². The number of halogens is 2. The third-order valence-corrected chi connectivity index (χ3v) is 4.80. The van der Waals surface area contributed by atoms with Gasteiger partial charge in [-0.15, -0.1) is 0 Å². The Balaban J connectivity index is 1.85. The molecule has 2 fully saturated rings. The number of amides is 1. The molecule has 120 valence electrons. The van der Waals surface area contributed by atoms with E-state index in [9.17, 15) is 18.7 Å². The van der Waals surface area contributed by atoms with Gasteiger partial charge in [0.25, 0.3) is 5.91 Å². The highest BCUT2D eigenvalue weighted by atomic mass is 19.3. The topological polar surface area (TPSA) is 53.4 Å². The number of aryl methyl sites for hydroxylation is 1. The molecule has 1 amide bonds. The van der Waals surface area contributed by atoms with Crippen molar-refractivity contribution in [3.8, 4) is 0 Å². The lowest BCUT2D eigenvalue weighted by atomic mass is 9.75. The summed E-state index contributed by atoms with van der Waals surface area (Å²) in [5, 5.41) is 9.96.